The van der Waals surface area contributed by atoms with Crippen molar-refractivity contribution in [1.29, 1.82) is 0 Å². The van der Waals surface area contributed by atoms with E-state index in [0.29, 0.717) is 12.0 Å². The van der Waals surface area contributed by atoms with Gasteiger partial charge >= 0.3 is 78.6 Å². The molecule has 0 aliphatic rings. The molecule has 0 saturated heterocycles. The summed E-state index contributed by atoms with van der Waals surface area (Å²) in [4.78, 5) is 10.3. The Balaban J connectivity index is 3.32. The van der Waals surface area contributed by atoms with Crippen molar-refractivity contribution in [2.75, 3.05) is 0 Å². The molecule has 0 saturated carbocycles. The summed E-state index contributed by atoms with van der Waals surface area (Å²) in [6, 6.07) is 0. The van der Waals surface area contributed by atoms with Gasteiger partial charge in [-0.15, -0.1) is 0 Å². The molecule has 0 heterocycles. The van der Waals surface area contributed by atoms with E-state index < -0.39 is 20.6 Å². The second-order valence-corrected chi connectivity index (χ2v) is 8.64. The number of hydrogen-bond donors (Lipinski definition) is 1. The molecule has 0 unspecified atom stereocenters. The average Bonchev–Trinajstić information content (AvgIpc) is 1.97. The van der Waals surface area contributed by atoms with Gasteiger partial charge in [0.25, 0.3) is 0 Å². The van der Waals surface area contributed by atoms with E-state index in [2.05, 4.69) is 18.0 Å². The first-order valence-corrected chi connectivity index (χ1v) is 9.18. The Labute approximate surface area is 78.9 Å². The first-order chi connectivity index (χ1) is 5.54. The average molecular weight is 232 g/mol. The molecule has 0 atom stereocenters. The van der Waals surface area contributed by atoms with Crippen LogP contribution in [-0.4, -0.2) is 25.7 Å². The van der Waals surface area contributed by atoms with E-state index in [-0.39, 0.29) is 0 Å². The predicted molar refractivity (Wildman–Crippen MR) is 52.9 cm³/mol. The Morgan fingerprint density at radius 1 is 1.42 bits per heavy atom. The van der Waals surface area contributed by atoms with Crippen LogP contribution in [0.15, 0.2) is 12.2 Å². The number of unbranched alkanes of at least 4 members (excludes halogenated alkanes) is 1. The van der Waals surface area contributed by atoms with Crippen molar-refractivity contribution in [3.05, 3.63) is 12.2 Å². The molecule has 12 heavy (non-hydrogen) atoms. The Kier molecular flexibility index (Phi) is 6.18. The fraction of sp³-hybridized carbons (Fsp3) is 0.667. The van der Waals surface area contributed by atoms with E-state index >= 15 is 0 Å². The standard InChI is InChI=1S/C9H17AsO2/c1-8(9(11)12)6-4-5-7-10(2)3/h1,4-7H2,2-3H3,(H,11,12). The molecular weight excluding hydrogens is 215 g/mol. The van der Waals surface area contributed by atoms with Gasteiger partial charge in [0, 0.05) is 0 Å². The summed E-state index contributed by atoms with van der Waals surface area (Å²) in [5.74, 6) is -0.850. The third-order valence-corrected chi connectivity index (χ3v) is 4.18. The molecule has 0 fully saturated rings. The van der Waals surface area contributed by atoms with Gasteiger partial charge in [-0.25, -0.2) is 0 Å². The summed E-state index contributed by atoms with van der Waals surface area (Å²) in [6.07, 6.45) is 2.80. The number of carboxylic acid groups (broad SMARTS) is 1. The third kappa shape index (κ3) is 6.48. The molecule has 2 nitrogen and oxygen atoms in total. The molecule has 0 bridgehead atoms. The molecule has 0 aromatic carbocycles. The quantitative estimate of drug-likeness (QED) is 0.434. The van der Waals surface area contributed by atoms with Gasteiger partial charge in [0.1, 0.15) is 0 Å². The fourth-order valence-electron chi connectivity index (χ4n) is 0.873. The van der Waals surface area contributed by atoms with E-state index in [1.54, 1.807) is 0 Å². The van der Waals surface area contributed by atoms with Gasteiger partial charge in [0.05, 0.1) is 0 Å². The van der Waals surface area contributed by atoms with Crippen molar-refractivity contribution in [2.45, 2.75) is 35.9 Å². The molecule has 0 radical (unpaired) electrons. The van der Waals surface area contributed by atoms with Crippen LogP contribution in [0.5, 0.6) is 0 Å². The van der Waals surface area contributed by atoms with E-state index in [9.17, 15) is 4.79 Å². The van der Waals surface area contributed by atoms with Crippen molar-refractivity contribution < 1.29 is 9.90 Å². The second kappa shape index (κ2) is 6.30. The summed E-state index contributed by atoms with van der Waals surface area (Å²) in [5.41, 5.74) is 4.99. The third-order valence-electron chi connectivity index (χ3n) is 1.64. The Morgan fingerprint density at radius 2 is 2.00 bits per heavy atom. The molecular formula is C9H17AsO2. The first kappa shape index (κ1) is 11.8. The van der Waals surface area contributed by atoms with Crippen molar-refractivity contribution in [3.63, 3.8) is 0 Å². The zero-order valence-electron chi connectivity index (χ0n) is 7.84. The molecule has 0 aliphatic carbocycles. The molecule has 0 amide bonds. The SMILES string of the molecule is C=C(CCCC[As](C)C)C(=O)O. The van der Waals surface area contributed by atoms with Gasteiger partial charge in [0.15, 0.2) is 0 Å². The van der Waals surface area contributed by atoms with Crippen LogP contribution in [0.25, 0.3) is 0 Å². The summed E-state index contributed by atoms with van der Waals surface area (Å²) in [7, 11) is 0. The number of carboxylic acids is 1. The van der Waals surface area contributed by atoms with Gasteiger partial charge in [-0.2, -0.15) is 0 Å². The Bertz CT molecular complexity index is 164. The molecule has 0 rings (SSSR count). The van der Waals surface area contributed by atoms with Crippen LogP contribution in [0.2, 0.25) is 16.6 Å². The van der Waals surface area contributed by atoms with Crippen LogP contribution in [0.3, 0.4) is 0 Å². The topological polar surface area (TPSA) is 37.3 Å². The van der Waals surface area contributed by atoms with Gasteiger partial charge < -0.3 is 0 Å². The van der Waals surface area contributed by atoms with Crippen LogP contribution >= 0.6 is 0 Å². The minimum absolute atomic E-state index is 0.348. The molecule has 0 aromatic rings. The summed E-state index contributed by atoms with van der Waals surface area (Å²) >= 11 is -0.492. The maximum atomic E-state index is 10.3. The normalized spacial score (nSPS) is 10.2. The molecule has 70 valence electrons. The molecule has 3 heteroatoms. The predicted octanol–water partition coefficient (Wildman–Crippen LogP) is 2.55. The summed E-state index contributed by atoms with van der Waals surface area (Å²) < 4.78 is 0. The summed E-state index contributed by atoms with van der Waals surface area (Å²) in [6.45, 7) is 3.48. The minimum atomic E-state index is -0.850. The number of hydrogen-bond acceptors (Lipinski definition) is 1. The Hall–Kier alpha value is -0.232. The van der Waals surface area contributed by atoms with Crippen LogP contribution in [0.4, 0.5) is 0 Å². The second-order valence-electron chi connectivity index (χ2n) is 3.17. The zero-order valence-corrected chi connectivity index (χ0v) is 9.71. The van der Waals surface area contributed by atoms with Gasteiger partial charge in [-0.05, 0) is 0 Å². The van der Waals surface area contributed by atoms with Crippen molar-refractivity contribution >= 4 is 20.6 Å². The van der Waals surface area contributed by atoms with E-state index in [4.69, 9.17) is 5.11 Å². The van der Waals surface area contributed by atoms with Gasteiger partial charge in [-0.3, -0.25) is 0 Å². The molecule has 0 aliphatic heterocycles. The number of aliphatic carboxylic acids is 1. The summed E-state index contributed by atoms with van der Waals surface area (Å²) in [5, 5.41) is 9.82. The van der Waals surface area contributed by atoms with Crippen LogP contribution in [0.1, 0.15) is 19.3 Å². The molecule has 0 spiro atoms. The first-order valence-electron chi connectivity index (χ1n) is 4.10. The Morgan fingerprint density at radius 3 is 2.42 bits per heavy atom. The molecule has 0 aromatic heterocycles. The molecule has 1 N–H and O–H groups in total. The van der Waals surface area contributed by atoms with Crippen LogP contribution in [0, 0.1) is 0 Å². The van der Waals surface area contributed by atoms with Gasteiger partial charge in [0.2, 0.25) is 0 Å². The van der Waals surface area contributed by atoms with E-state index in [1.807, 2.05) is 0 Å². The van der Waals surface area contributed by atoms with Crippen molar-refractivity contribution in [2.24, 2.45) is 0 Å². The van der Waals surface area contributed by atoms with Gasteiger partial charge in [-0.1, -0.05) is 0 Å². The zero-order chi connectivity index (χ0) is 9.56. The van der Waals surface area contributed by atoms with E-state index in [1.165, 1.54) is 11.6 Å². The fourth-order valence-corrected chi connectivity index (χ4v) is 2.67. The van der Waals surface area contributed by atoms with Crippen LogP contribution in [-0.2, 0) is 4.79 Å². The number of rotatable bonds is 6. The van der Waals surface area contributed by atoms with Crippen molar-refractivity contribution in [1.82, 2.24) is 0 Å². The number of carbonyl (C=O) groups is 1. The monoisotopic (exact) mass is 232 g/mol. The van der Waals surface area contributed by atoms with Crippen LogP contribution < -0.4 is 0 Å². The van der Waals surface area contributed by atoms with Crippen molar-refractivity contribution in [3.8, 4) is 0 Å². The van der Waals surface area contributed by atoms with E-state index in [0.717, 1.165) is 6.42 Å². The maximum absolute atomic E-state index is 10.3.